The van der Waals surface area contributed by atoms with Gasteiger partial charge in [-0.1, -0.05) is 18.2 Å². The zero-order valence-electron chi connectivity index (χ0n) is 11.7. The maximum Gasteiger partial charge on any atom is 0.453 e. The molecule has 0 N–H and O–H groups in total. The predicted molar refractivity (Wildman–Crippen MR) is 66.4 cm³/mol. The van der Waals surface area contributed by atoms with Gasteiger partial charge in [0.25, 0.3) is 0 Å². The molecule has 0 aromatic heterocycles. The second-order valence-corrected chi connectivity index (χ2v) is 4.95. The van der Waals surface area contributed by atoms with Crippen LogP contribution in [0.4, 0.5) is 22.0 Å². The van der Waals surface area contributed by atoms with Crippen molar-refractivity contribution in [3.05, 3.63) is 35.4 Å². The van der Waals surface area contributed by atoms with E-state index in [1.807, 2.05) is 0 Å². The largest absolute Gasteiger partial charge is 0.453 e. The van der Waals surface area contributed by atoms with Crippen molar-refractivity contribution in [1.82, 2.24) is 0 Å². The molecule has 7 heteroatoms. The van der Waals surface area contributed by atoms with Crippen molar-refractivity contribution in [3.8, 4) is 0 Å². The molecular formula is C14H15F5O2. The lowest BCUT2D eigenvalue weighted by molar-refractivity contribution is -0.298. The highest BCUT2D eigenvalue weighted by atomic mass is 19.4. The first-order chi connectivity index (χ1) is 9.43. The van der Waals surface area contributed by atoms with Gasteiger partial charge >= 0.3 is 12.1 Å². The van der Waals surface area contributed by atoms with Crippen LogP contribution in [0.1, 0.15) is 36.2 Å². The molecule has 0 saturated carbocycles. The number of rotatable bonds is 5. The third kappa shape index (κ3) is 3.78. The zero-order valence-corrected chi connectivity index (χ0v) is 11.7. The number of methoxy groups -OCH3 is 1. The van der Waals surface area contributed by atoms with Gasteiger partial charge in [-0.3, -0.25) is 4.79 Å². The van der Waals surface area contributed by atoms with Gasteiger partial charge in [0.05, 0.1) is 12.0 Å². The number of carbonyl (C=O) groups is 1. The first-order valence-corrected chi connectivity index (χ1v) is 6.04. The van der Waals surface area contributed by atoms with E-state index in [1.165, 1.54) is 31.2 Å². The Morgan fingerprint density at radius 3 is 2.19 bits per heavy atom. The minimum absolute atomic E-state index is 0.0848. The molecule has 1 aromatic carbocycles. The zero-order chi connectivity index (χ0) is 16.5. The molecule has 21 heavy (non-hydrogen) atoms. The van der Waals surface area contributed by atoms with Gasteiger partial charge in [-0.2, -0.15) is 22.0 Å². The molecule has 0 bridgehead atoms. The summed E-state index contributed by atoms with van der Waals surface area (Å²) in [6, 6.07) is 5.47. The molecule has 1 rings (SSSR count). The van der Waals surface area contributed by atoms with Crippen molar-refractivity contribution in [3.63, 3.8) is 0 Å². The summed E-state index contributed by atoms with van der Waals surface area (Å²) in [6.07, 6.45) is -7.23. The Labute approximate surface area is 118 Å². The van der Waals surface area contributed by atoms with Crippen molar-refractivity contribution < 1.29 is 31.5 Å². The van der Waals surface area contributed by atoms with Gasteiger partial charge in [0.1, 0.15) is 0 Å². The Balaban J connectivity index is 3.22. The van der Waals surface area contributed by atoms with Crippen LogP contribution >= 0.6 is 0 Å². The molecule has 2 nitrogen and oxygen atoms in total. The summed E-state index contributed by atoms with van der Waals surface area (Å²) < 4.78 is 68.6. The summed E-state index contributed by atoms with van der Waals surface area (Å²) in [5, 5.41) is 0. The van der Waals surface area contributed by atoms with Crippen molar-refractivity contribution in [2.45, 2.75) is 38.0 Å². The number of hydrogen-bond acceptors (Lipinski definition) is 2. The van der Waals surface area contributed by atoms with Crippen LogP contribution in [-0.4, -0.2) is 25.0 Å². The Hall–Kier alpha value is -1.50. The van der Waals surface area contributed by atoms with Crippen LogP contribution in [0.3, 0.4) is 0 Å². The van der Waals surface area contributed by atoms with E-state index in [1.54, 1.807) is 0 Å². The third-order valence-electron chi connectivity index (χ3n) is 3.30. The van der Waals surface area contributed by atoms with E-state index in [4.69, 9.17) is 4.74 Å². The lowest BCUT2D eigenvalue weighted by atomic mass is 9.87. The van der Waals surface area contributed by atoms with Gasteiger partial charge < -0.3 is 4.74 Å². The summed E-state index contributed by atoms with van der Waals surface area (Å²) in [5.41, 5.74) is -1.57. The van der Waals surface area contributed by atoms with Crippen LogP contribution < -0.4 is 0 Å². The fourth-order valence-corrected chi connectivity index (χ4v) is 1.88. The molecule has 0 amide bonds. The van der Waals surface area contributed by atoms with Crippen molar-refractivity contribution in [1.29, 1.82) is 0 Å². The molecule has 0 radical (unpaired) electrons. The normalized spacial score (nSPS) is 15.6. The Kier molecular flexibility index (Phi) is 4.77. The fourth-order valence-electron chi connectivity index (χ4n) is 1.88. The number of ketones is 1. The number of halogens is 5. The van der Waals surface area contributed by atoms with Crippen LogP contribution in [0.5, 0.6) is 0 Å². The monoisotopic (exact) mass is 310 g/mol. The summed E-state index contributed by atoms with van der Waals surface area (Å²) in [6.45, 7) is 2.40. The van der Waals surface area contributed by atoms with Gasteiger partial charge in [-0.05, 0) is 25.5 Å². The Bertz CT molecular complexity index is 524. The molecule has 0 fully saturated rings. The number of carbonyl (C=O) groups excluding carboxylic acids is 1. The molecule has 1 atom stereocenters. The summed E-state index contributed by atoms with van der Waals surface area (Å²) in [7, 11) is 1.05. The van der Waals surface area contributed by atoms with Crippen molar-refractivity contribution >= 4 is 5.78 Å². The van der Waals surface area contributed by atoms with Crippen LogP contribution in [-0.2, 0) is 10.3 Å². The smallest absolute Gasteiger partial charge is 0.374 e. The molecule has 1 aromatic rings. The fraction of sp³-hybridized carbons (Fsp3) is 0.500. The van der Waals surface area contributed by atoms with E-state index in [2.05, 4.69) is 0 Å². The Morgan fingerprint density at radius 1 is 1.19 bits per heavy atom. The number of benzene rings is 1. The predicted octanol–water partition coefficient (Wildman–Crippen LogP) is 4.34. The van der Waals surface area contributed by atoms with Gasteiger partial charge in [-0.25, -0.2) is 0 Å². The first-order valence-electron chi connectivity index (χ1n) is 6.04. The SMILES string of the molecule is COC(C)(CC(F)(F)C(F)(F)F)c1cccc(C(C)=O)c1. The van der Waals surface area contributed by atoms with Gasteiger partial charge in [0.15, 0.2) is 5.78 Å². The third-order valence-corrected chi connectivity index (χ3v) is 3.30. The molecule has 0 aliphatic rings. The Morgan fingerprint density at radius 2 is 1.76 bits per heavy atom. The topological polar surface area (TPSA) is 26.3 Å². The number of alkyl halides is 5. The van der Waals surface area contributed by atoms with E-state index in [-0.39, 0.29) is 16.9 Å². The highest BCUT2D eigenvalue weighted by Gasteiger charge is 2.60. The summed E-state index contributed by atoms with van der Waals surface area (Å²) >= 11 is 0. The van der Waals surface area contributed by atoms with Crippen molar-refractivity contribution in [2.75, 3.05) is 7.11 Å². The van der Waals surface area contributed by atoms with E-state index in [0.717, 1.165) is 14.0 Å². The van der Waals surface area contributed by atoms with Crippen molar-refractivity contribution in [2.24, 2.45) is 0 Å². The van der Waals surface area contributed by atoms with Crippen LogP contribution in [0.15, 0.2) is 24.3 Å². The highest BCUT2D eigenvalue weighted by molar-refractivity contribution is 5.94. The van der Waals surface area contributed by atoms with E-state index in [0.29, 0.717) is 0 Å². The average Bonchev–Trinajstić information content (AvgIpc) is 2.37. The molecule has 0 spiro atoms. The van der Waals surface area contributed by atoms with Gasteiger partial charge in [0, 0.05) is 12.7 Å². The second kappa shape index (κ2) is 5.71. The number of ether oxygens (including phenoxy) is 1. The molecule has 0 heterocycles. The number of hydrogen-bond donors (Lipinski definition) is 0. The molecular weight excluding hydrogens is 295 g/mol. The molecule has 0 aliphatic heterocycles. The maximum atomic E-state index is 13.3. The lowest BCUT2D eigenvalue weighted by Crippen LogP contribution is -2.43. The first kappa shape index (κ1) is 17.6. The molecule has 0 aliphatic carbocycles. The number of Topliss-reactive ketones (excluding diaryl/α,β-unsaturated/α-hetero) is 1. The van der Waals surface area contributed by atoms with Crippen LogP contribution in [0.25, 0.3) is 0 Å². The molecule has 118 valence electrons. The van der Waals surface area contributed by atoms with E-state index < -0.39 is 24.1 Å². The lowest BCUT2D eigenvalue weighted by Gasteiger charge is -2.33. The van der Waals surface area contributed by atoms with Gasteiger partial charge in [0.2, 0.25) is 0 Å². The standard InChI is InChI=1S/C14H15F5O2/c1-9(20)10-5-4-6-11(7-10)12(2,21-3)8-13(15,16)14(17,18)19/h4-7H,8H2,1-3H3. The second-order valence-electron chi connectivity index (χ2n) is 4.95. The van der Waals surface area contributed by atoms with E-state index in [9.17, 15) is 26.7 Å². The van der Waals surface area contributed by atoms with Crippen LogP contribution in [0, 0.1) is 0 Å². The quantitative estimate of drug-likeness (QED) is 0.597. The molecule has 1 unspecified atom stereocenters. The minimum atomic E-state index is -5.66. The summed E-state index contributed by atoms with van der Waals surface area (Å²) in [4.78, 5) is 11.3. The molecule has 0 saturated heterocycles. The van der Waals surface area contributed by atoms with E-state index >= 15 is 0 Å². The van der Waals surface area contributed by atoms with Crippen LogP contribution in [0.2, 0.25) is 0 Å². The average molecular weight is 310 g/mol. The highest BCUT2D eigenvalue weighted by Crippen LogP contribution is 2.45. The summed E-state index contributed by atoms with van der Waals surface area (Å²) in [5.74, 6) is -5.22. The minimum Gasteiger partial charge on any atom is -0.374 e. The van der Waals surface area contributed by atoms with Gasteiger partial charge in [-0.15, -0.1) is 0 Å². The maximum absolute atomic E-state index is 13.3.